The summed E-state index contributed by atoms with van der Waals surface area (Å²) < 4.78 is 8.13. The lowest BCUT2D eigenvalue weighted by molar-refractivity contribution is -0.111. The van der Waals surface area contributed by atoms with E-state index in [-0.39, 0.29) is 5.56 Å². The standard InChI is InChI=1S/C22H21N3O4/c1-15-8-11-17(12-9-15)29-19-7-5-4-6-18(19)23-20(26)13-10-16-14-24(2)22(28)25(3)21(16)27/h4-14H,1-3H3,(H,23,26)/b13-10+. The SMILES string of the molecule is Cc1ccc(Oc2ccccc2NC(=O)/C=C/c2cn(C)c(=O)n(C)c2=O)cc1. The molecule has 0 saturated carbocycles. The number of carbonyl (C=O) groups excluding carboxylic acids is 1. The summed E-state index contributed by atoms with van der Waals surface area (Å²) in [6.45, 7) is 1.99. The van der Waals surface area contributed by atoms with Gasteiger partial charge in [0.15, 0.2) is 5.75 Å². The van der Waals surface area contributed by atoms with Crippen LogP contribution in [0.1, 0.15) is 11.1 Å². The summed E-state index contributed by atoms with van der Waals surface area (Å²) in [5.74, 6) is 0.721. The number of nitrogens with zero attached hydrogens (tertiary/aromatic N) is 2. The van der Waals surface area contributed by atoms with Gasteiger partial charge < -0.3 is 14.6 Å². The molecule has 0 atom stereocenters. The molecule has 0 aliphatic rings. The molecule has 0 radical (unpaired) electrons. The van der Waals surface area contributed by atoms with E-state index < -0.39 is 17.2 Å². The fourth-order valence-electron chi connectivity index (χ4n) is 2.68. The first kappa shape index (κ1) is 19.9. The number of nitrogens with one attached hydrogen (secondary N) is 1. The lowest BCUT2D eigenvalue weighted by atomic mass is 10.2. The van der Waals surface area contributed by atoms with Crippen LogP contribution in [0, 0.1) is 6.92 Å². The van der Waals surface area contributed by atoms with E-state index in [0.29, 0.717) is 17.2 Å². The van der Waals surface area contributed by atoms with Gasteiger partial charge in [0.1, 0.15) is 5.75 Å². The normalized spacial score (nSPS) is 10.9. The summed E-state index contributed by atoms with van der Waals surface area (Å²) in [5, 5.41) is 2.74. The fourth-order valence-corrected chi connectivity index (χ4v) is 2.68. The highest BCUT2D eigenvalue weighted by Crippen LogP contribution is 2.29. The number of hydrogen-bond acceptors (Lipinski definition) is 4. The van der Waals surface area contributed by atoms with Crippen LogP contribution in [-0.2, 0) is 18.9 Å². The molecule has 7 nitrogen and oxygen atoms in total. The summed E-state index contributed by atoms with van der Waals surface area (Å²) in [4.78, 5) is 36.2. The van der Waals surface area contributed by atoms with Crippen molar-refractivity contribution in [1.29, 1.82) is 0 Å². The molecule has 0 unspecified atom stereocenters. The van der Waals surface area contributed by atoms with Crippen molar-refractivity contribution in [1.82, 2.24) is 9.13 Å². The minimum Gasteiger partial charge on any atom is -0.455 e. The Balaban J connectivity index is 1.78. The van der Waals surface area contributed by atoms with Gasteiger partial charge in [0.25, 0.3) is 5.56 Å². The second-order valence-electron chi connectivity index (χ2n) is 6.58. The maximum Gasteiger partial charge on any atom is 0.330 e. The molecule has 1 aromatic heterocycles. The minimum absolute atomic E-state index is 0.231. The van der Waals surface area contributed by atoms with Crippen molar-refractivity contribution in [2.24, 2.45) is 14.1 Å². The summed E-state index contributed by atoms with van der Waals surface area (Å²) >= 11 is 0. The molecule has 0 fully saturated rings. The highest BCUT2D eigenvalue weighted by molar-refractivity contribution is 6.02. The van der Waals surface area contributed by atoms with Crippen LogP contribution < -0.4 is 21.3 Å². The number of aromatic nitrogens is 2. The maximum atomic E-state index is 12.4. The molecule has 3 aromatic rings. The number of benzene rings is 2. The predicted molar refractivity (Wildman–Crippen MR) is 112 cm³/mol. The number of carbonyl (C=O) groups is 1. The molecule has 0 saturated heterocycles. The van der Waals surface area contributed by atoms with E-state index in [0.717, 1.165) is 10.1 Å². The summed E-state index contributed by atoms with van der Waals surface area (Å²) in [6.07, 6.45) is 4.01. The first-order valence-electron chi connectivity index (χ1n) is 8.94. The van der Waals surface area contributed by atoms with E-state index in [9.17, 15) is 14.4 Å². The van der Waals surface area contributed by atoms with Crippen molar-refractivity contribution < 1.29 is 9.53 Å². The molecule has 148 valence electrons. The van der Waals surface area contributed by atoms with Gasteiger partial charge in [0, 0.05) is 26.4 Å². The summed E-state index contributed by atoms with van der Waals surface area (Å²) in [6, 6.07) is 14.6. The largest absolute Gasteiger partial charge is 0.455 e. The Kier molecular flexibility index (Phi) is 5.78. The van der Waals surface area contributed by atoms with Crippen LogP contribution in [0.25, 0.3) is 6.08 Å². The first-order valence-corrected chi connectivity index (χ1v) is 8.94. The average Bonchev–Trinajstić information content (AvgIpc) is 2.71. The predicted octanol–water partition coefficient (Wildman–Crippen LogP) is 2.84. The van der Waals surface area contributed by atoms with Crippen molar-refractivity contribution in [3.8, 4) is 11.5 Å². The third-order valence-electron chi connectivity index (χ3n) is 4.28. The molecule has 1 amide bonds. The van der Waals surface area contributed by atoms with Gasteiger partial charge in [0.05, 0.1) is 11.3 Å². The molecular weight excluding hydrogens is 370 g/mol. The molecule has 1 N–H and O–H groups in total. The molecule has 3 rings (SSSR count). The van der Waals surface area contributed by atoms with Gasteiger partial charge in [-0.1, -0.05) is 29.8 Å². The fraction of sp³-hybridized carbons (Fsp3) is 0.136. The van der Waals surface area contributed by atoms with Crippen LogP contribution in [0.3, 0.4) is 0 Å². The van der Waals surface area contributed by atoms with Gasteiger partial charge in [-0.3, -0.25) is 14.2 Å². The van der Waals surface area contributed by atoms with E-state index in [2.05, 4.69) is 5.32 Å². The third-order valence-corrected chi connectivity index (χ3v) is 4.28. The molecule has 0 aliphatic carbocycles. The van der Waals surface area contributed by atoms with Crippen molar-refractivity contribution in [3.63, 3.8) is 0 Å². The highest BCUT2D eigenvalue weighted by atomic mass is 16.5. The monoisotopic (exact) mass is 391 g/mol. The molecule has 29 heavy (non-hydrogen) atoms. The number of para-hydroxylation sites is 2. The van der Waals surface area contributed by atoms with Gasteiger partial charge in [-0.05, 0) is 37.3 Å². The van der Waals surface area contributed by atoms with Crippen molar-refractivity contribution >= 4 is 17.7 Å². The first-order chi connectivity index (χ1) is 13.8. The number of amides is 1. The lowest BCUT2D eigenvalue weighted by Crippen LogP contribution is -2.37. The summed E-state index contributed by atoms with van der Waals surface area (Å²) in [7, 11) is 2.93. The van der Waals surface area contributed by atoms with E-state index in [4.69, 9.17) is 4.74 Å². The van der Waals surface area contributed by atoms with Crippen LogP contribution in [0.15, 0.2) is 70.4 Å². The maximum absolute atomic E-state index is 12.4. The Hall–Kier alpha value is -3.87. The van der Waals surface area contributed by atoms with E-state index in [1.807, 2.05) is 37.3 Å². The zero-order chi connectivity index (χ0) is 21.0. The summed E-state index contributed by atoms with van der Waals surface area (Å²) in [5.41, 5.74) is 0.942. The van der Waals surface area contributed by atoms with E-state index >= 15 is 0 Å². The molecule has 0 aliphatic heterocycles. The zero-order valence-corrected chi connectivity index (χ0v) is 16.4. The Bertz CT molecular complexity index is 1190. The molecule has 7 heteroatoms. The molecule has 1 heterocycles. The number of hydrogen-bond donors (Lipinski definition) is 1. The van der Waals surface area contributed by atoms with Crippen molar-refractivity contribution in [2.75, 3.05) is 5.32 Å². The van der Waals surface area contributed by atoms with Crippen molar-refractivity contribution in [3.05, 3.63) is 92.8 Å². The quantitative estimate of drug-likeness (QED) is 0.678. The lowest BCUT2D eigenvalue weighted by Gasteiger charge is -2.11. The third kappa shape index (κ3) is 4.70. The number of ether oxygens (including phenoxy) is 1. The Morgan fingerprint density at radius 2 is 1.72 bits per heavy atom. The Morgan fingerprint density at radius 3 is 2.45 bits per heavy atom. The number of rotatable bonds is 5. The van der Waals surface area contributed by atoms with E-state index in [1.165, 1.54) is 37.0 Å². The van der Waals surface area contributed by atoms with Gasteiger partial charge in [0.2, 0.25) is 5.91 Å². The van der Waals surface area contributed by atoms with Crippen LogP contribution in [0.2, 0.25) is 0 Å². The second kappa shape index (κ2) is 8.43. The van der Waals surface area contributed by atoms with Gasteiger partial charge in [-0.2, -0.15) is 0 Å². The minimum atomic E-state index is -0.472. The Morgan fingerprint density at radius 1 is 1.03 bits per heavy atom. The topological polar surface area (TPSA) is 82.3 Å². The molecule has 2 aromatic carbocycles. The average molecular weight is 391 g/mol. The van der Waals surface area contributed by atoms with Crippen LogP contribution >= 0.6 is 0 Å². The van der Waals surface area contributed by atoms with Gasteiger partial charge in [-0.25, -0.2) is 4.79 Å². The second-order valence-corrected chi connectivity index (χ2v) is 6.58. The van der Waals surface area contributed by atoms with Crippen molar-refractivity contribution in [2.45, 2.75) is 6.92 Å². The Labute approximate surface area is 167 Å². The smallest absolute Gasteiger partial charge is 0.330 e. The number of aryl methyl sites for hydroxylation is 2. The zero-order valence-electron chi connectivity index (χ0n) is 16.4. The van der Waals surface area contributed by atoms with Crippen LogP contribution in [-0.4, -0.2) is 15.0 Å². The van der Waals surface area contributed by atoms with Gasteiger partial charge >= 0.3 is 5.69 Å². The van der Waals surface area contributed by atoms with Crippen LogP contribution in [0.4, 0.5) is 5.69 Å². The molecule has 0 bridgehead atoms. The van der Waals surface area contributed by atoms with Gasteiger partial charge in [-0.15, -0.1) is 0 Å². The van der Waals surface area contributed by atoms with E-state index in [1.54, 1.807) is 18.2 Å². The molecule has 0 spiro atoms. The molecular formula is C22H21N3O4. The highest BCUT2D eigenvalue weighted by Gasteiger charge is 2.08. The van der Waals surface area contributed by atoms with Crippen LogP contribution in [0.5, 0.6) is 11.5 Å². The number of anilines is 1.